The Hall–Kier alpha value is -3.00. The molecule has 3 aromatic rings. The van der Waals surface area contributed by atoms with Gasteiger partial charge in [-0.1, -0.05) is 0 Å². The number of aliphatic hydroxyl groups is 1. The number of rotatable bonds is 2. The third kappa shape index (κ3) is 2.90. The van der Waals surface area contributed by atoms with E-state index >= 15 is 0 Å². The van der Waals surface area contributed by atoms with Gasteiger partial charge in [0.15, 0.2) is 0 Å². The van der Waals surface area contributed by atoms with Gasteiger partial charge in [0.2, 0.25) is 5.43 Å². The molecule has 28 heavy (non-hydrogen) atoms. The lowest BCUT2D eigenvalue weighted by molar-refractivity contribution is 0.0350. The van der Waals surface area contributed by atoms with E-state index in [1.54, 1.807) is 20.0 Å². The summed E-state index contributed by atoms with van der Waals surface area (Å²) in [6.07, 6.45) is 3.79. The molecule has 1 fully saturated rings. The summed E-state index contributed by atoms with van der Waals surface area (Å²) in [5.74, 6) is -1.84. The van der Waals surface area contributed by atoms with Crippen molar-refractivity contribution in [3.8, 4) is 0 Å². The number of hydrogen-bond acceptors (Lipinski definition) is 5. The van der Waals surface area contributed by atoms with Gasteiger partial charge in [0.25, 0.3) is 0 Å². The van der Waals surface area contributed by atoms with Crippen LogP contribution in [0.3, 0.4) is 0 Å². The second-order valence-electron chi connectivity index (χ2n) is 7.61. The molecule has 3 heterocycles. The van der Waals surface area contributed by atoms with Crippen LogP contribution in [0.25, 0.3) is 21.8 Å². The zero-order valence-corrected chi connectivity index (χ0v) is 15.6. The van der Waals surface area contributed by atoms with E-state index in [1.807, 2.05) is 4.90 Å². The van der Waals surface area contributed by atoms with Crippen molar-refractivity contribution in [1.29, 1.82) is 0 Å². The SMILES string of the molecule is Cn1cc(C(=O)O)c(=O)c2c3cc(F)c(N4CCC(C)(O)CC4)cc3ncc21. The number of halogens is 1. The van der Waals surface area contributed by atoms with Crippen molar-refractivity contribution < 1.29 is 19.4 Å². The summed E-state index contributed by atoms with van der Waals surface area (Å²) in [5, 5.41) is 19.8. The molecule has 0 aliphatic carbocycles. The molecule has 8 heteroatoms. The van der Waals surface area contributed by atoms with Gasteiger partial charge in [-0.25, -0.2) is 9.18 Å². The van der Waals surface area contributed by atoms with E-state index in [2.05, 4.69) is 4.98 Å². The van der Waals surface area contributed by atoms with Gasteiger partial charge in [0.05, 0.1) is 33.9 Å². The third-order valence-corrected chi connectivity index (χ3v) is 5.50. The van der Waals surface area contributed by atoms with Crippen molar-refractivity contribution in [2.45, 2.75) is 25.4 Å². The number of aromatic carboxylic acids is 1. The average molecular weight is 385 g/mol. The second kappa shape index (κ2) is 6.27. The third-order valence-electron chi connectivity index (χ3n) is 5.50. The Balaban J connectivity index is 1.92. The van der Waals surface area contributed by atoms with Crippen LogP contribution in [-0.2, 0) is 7.05 Å². The molecule has 4 rings (SSSR count). The van der Waals surface area contributed by atoms with Gasteiger partial charge >= 0.3 is 5.97 Å². The maximum absolute atomic E-state index is 15.0. The lowest BCUT2D eigenvalue weighted by Crippen LogP contribution is -2.42. The number of pyridine rings is 2. The van der Waals surface area contributed by atoms with Crippen molar-refractivity contribution in [3.63, 3.8) is 0 Å². The Labute approximate surface area is 159 Å². The van der Waals surface area contributed by atoms with E-state index in [4.69, 9.17) is 0 Å². The number of aromatic nitrogens is 2. The molecule has 2 N–H and O–H groups in total. The minimum Gasteiger partial charge on any atom is -0.477 e. The van der Waals surface area contributed by atoms with Crippen molar-refractivity contribution >= 4 is 33.5 Å². The first kappa shape index (κ1) is 18.4. The number of nitrogens with zero attached hydrogens (tertiary/aromatic N) is 3. The zero-order chi connectivity index (χ0) is 20.2. The topological polar surface area (TPSA) is 95.7 Å². The lowest BCUT2D eigenvalue weighted by Gasteiger charge is -2.37. The van der Waals surface area contributed by atoms with E-state index in [-0.39, 0.29) is 16.3 Å². The molecule has 0 spiro atoms. The summed E-state index contributed by atoms with van der Waals surface area (Å²) in [6.45, 7) is 2.78. The van der Waals surface area contributed by atoms with E-state index in [1.165, 1.54) is 23.0 Å². The van der Waals surface area contributed by atoms with Crippen molar-refractivity contribution in [1.82, 2.24) is 9.55 Å². The largest absolute Gasteiger partial charge is 0.477 e. The molecule has 1 aliphatic rings. The number of aryl methyl sites for hydroxylation is 1. The monoisotopic (exact) mass is 385 g/mol. The molecule has 146 valence electrons. The maximum Gasteiger partial charge on any atom is 0.341 e. The molecule has 1 saturated heterocycles. The fourth-order valence-electron chi connectivity index (χ4n) is 3.78. The highest BCUT2D eigenvalue weighted by atomic mass is 19.1. The first-order valence-electron chi connectivity index (χ1n) is 9.00. The van der Waals surface area contributed by atoms with E-state index in [9.17, 15) is 24.2 Å². The molecule has 0 saturated carbocycles. The van der Waals surface area contributed by atoms with Gasteiger partial charge in [-0.3, -0.25) is 9.78 Å². The van der Waals surface area contributed by atoms with Crippen LogP contribution < -0.4 is 10.3 Å². The van der Waals surface area contributed by atoms with Crippen LogP contribution in [0.4, 0.5) is 10.1 Å². The Kier molecular flexibility index (Phi) is 4.11. The normalized spacial score (nSPS) is 16.6. The van der Waals surface area contributed by atoms with Crippen LogP contribution in [-0.4, -0.2) is 44.4 Å². The standard InChI is InChI=1S/C20H20FN3O4/c1-20(28)3-5-24(6-4-20)15-8-14-11(7-13(15)21)17-16(9-22-14)23(2)10-12(18(17)25)19(26)27/h7-10,28H,3-6H2,1-2H3,(H,26,27). The molecule has 7 nitrogen and oxygen atoms in total. The second-order valence-corrected chi connectivity index (χ2v) is 7.61. The van der Waals surface area contributed by atoms with Crippen LogP contribution in [0.2, 0.25) is 0 Å². The highest BCUT2D eigenvalue weighted by Crippen LogP contribution is 2.32. The van der Waals surface area contributed by atoms with Gasteiger partial charge in [-0.05, 0) is 31.9 Å². The number of piperidine rings is 1. The Bertz CT molecular complexity index is 1180. The van der Waals surface area contributed by atoms with Crippen LogP contribution in [0, 0.1) is 5.82 Å². The first-order chi connectivity index (χ1) is 13.2. The summed E-state index contributed by atoms with van der Waals surface area (Å²) in [6, 6.07) is 2.83. The Morgan fingerprint density at radius 2 is 1.96 bits per heavy atom. The summed E-state index contributed by atoms with van der Waals surface area (Å²) in [4.78, 5) is 30.3. The molecule has 0 radical (unpaired) electrons. The van der Waals surface area contributed by atoms with Crippen molar-refractivity contribution in [3.05, 3.63) is 46.1 Å². The maximum atomic E-state index is 15.0. The number of carbonyl (C=O) groups is 1. The van der Waals surface area contributed by atoms with Gasteiger partial charge in [-0.15, -0.1) is 0 Å². The number of hydrogen-bond donors (Lipinski definition) is 2. The number of anilines is 1. The molecule has 1 aliphatic heterocycles. The van der Waals surface area contributed by atoms with Gasteiger partial charge in [-0.2, -0.15) is 0 Å². The number of carboxylic acids is 1. The van der Waals surface area contributed by atoms with Gasteiger partial charge in [0.1, 0.15) is 11.4 Å². The van der Waals surface area contributed by atoms with E-state index in [0.29, 0.717) is 42.7 Å². The highest BCUT2D eigenvalue weighted by molar-refractivity contribution is 6.07. The fourth-order valence-corrected chi connectivity index (χ4v) is 3.78. The van der Waals surface area contributed by atoms with E-state index < -0.39 is 22.8 Å². The van der Waals surface area contributed by atoms with Crippen LogP contribution >= 0.6 is 0 Å². The summed E-state index contributed by atoms with van der Waals surface area (Å²) >= 11 is 0. The van der Waals surface area contributed by atoms with Crippen LogP contribution in [0.1, 0.15) is 30.1 Å². The Morgan fingerprint density at radius 1 is 1.29 bits per heavy atom. The summed E-state index contributed by atoms with van der Waals surface area (Å²) in [5.41, 5.74) is -0.567. The fraction of sp³-hybridized carbons (Fsp3) is 0.350. The molecule has 0 bridgehead atoms. The van der Waals surface area contributed by atoms with Crippen molar-refractivity contribution in [2.24, 2.45) is 7.05 Å². The highest BCUT2D eigenvalue weighted by Gasteiger charge is 2.29. The minimum atomic E-state index is -1.33. The average Bonchev–Trinajstić information content (AvgIpc) is 2.63. The lowest BCUT2D eigenvalue weighted by atomic mass is 9.93. The molecule has 0 atom stereocenters. The number of fused-ring (bicyclic) bond motifs is 3. The number of carboxylic acid groups (broad SMARTS) is 1. The van der Waals surface area contributed by atoms with Crippen LogP contribution in [0.15, 0.2) is 29.3 Å². The van der Waals surface area contributed by atoms with Crippen molar-refractivity contribution in [2.75, 3.05) is 18.0 Å². The zero-order valence-electron chi connectivity index (χ0n) is 15.6. The summed E-state index contributed by atoms with van der Waals surface area (Å²) < 4.78 is 16.5. The number of benzene rings is 1. The van der Waals surface area contributed by atoms with Gasteiger partial charge < -0.3 is 19.7 Å². The predicted molar refractivity (Wildman–Crippen MR) is 103 cm³/mol. The first-order valence-corrected chi connectivity index (χ1v) is 9.00. The molecule has 0 unspecified atom stereocenters. The predicted octanol–water partition coefficient (Wildman–Crippen LogP) is 2.28. The Morgan fingerprint density at radius 3 is 2.61 bits per heavy atom. The summed E-state index contributed by atoms with van der Waals surface area (Å²) in [7, 11) is 1.62. The minimum absolute atomic E-state index is 0.138. The molecule has 1 aromatic carbocycles. The molecule has 0 amide bonds. The molecule has 2 aromatic heterocycles. The quantitative estimate of drug-likeness (QED) is 0.657. The van der Waals surface area contributed by atoms with Gasteiger partial charge in [0, 0.05) is 31.7 Å². The van der Waals surface area contributed by atoms with Crippen LogP contribution in [0.5, 0.6) is 0 Å². The molecular formula is C20H20FN3O4. The molecular weight excluding hydrogens is 365 g/mol. The smallest absolute Gasteiger partial charge is 0.341 e. The van der Waals surface area contributed by atoms with E-state index in [0.717, 1.165) is 0 Å².